The van der Waals surface area contributed by atoms with Gasteiger partial charge in [-0.2, -0.15) is 14.8 Å². The number of aromatic hydroxyl groups is 1. The SMILES string of the molecule is N#Cc1ccc2cc3c(=O)[nH]c(=O)[nH]c3[n+](-c3ccc(O)cc3)c2c1. The van der Waals surface area contributed by atoms with Crippen LogP contribution in [-0.4, -0.2) is 15.1 Å². The van der Waals surface area contributed by atoms with Gasteiger partial charge in [-0.25, -0.2) is 4.79 Å². The molecule has 2 heterocycles. The number of hydrogen-bond donors (Lipinski definition) is 3. The van der Waals surface area contributed by atoms with E-state index in [0.717, 1.165) is 5.39 Å². The summed E-state index contributed by atoms with van der Waals surface area (Å²) < 4.78 is 1.68. The molecule has 0 aliphatic carbocycles. The summed E-state index contributed by atoms with van der Waals surface area (Å²) >= 11 is 0. The first-order chi connectivity index (χ1) is 12.1. The number of benzene rings is 2. The Hall–Kier alpha value is -3.92. The van der Waals surface area contributed by atoms with Crippen molar-refractivity contribution >= 4 is 21.9 Å². The van der Waals surface area contributed by atoms with E-state index in [9.17, 15) is 20.0 Å². The number of hydrogen-bond acceptors (Lipinski definition) is 4. The van der Waals surface area contributed by atoms with Crippen LogP contribution in [0.15, 0.2) is 58.1 Å². The van der Waals surface area contributed by atoms with E-state index in [-0.39, 0.29) is 5.75 Å². The fourth-order valence-electron chi connectivity index (χ4n) is 2.87. The monoisotopic (exact) mass is 331 g/mol. The van der Waals surface area contributed by atoms with Crippen molar-refractivity contribution < 1.29 is 9.67 Å². The Labute approximate surface area is 140 Å². The highest BCUT2D eigenvalue weighted by atomic mass is 16.3. The molecule has 0 saturated heterocycles. The van der Waals surface area contributed by atoms with E-state index in [1.54, 1.807) is 41.0 Å². The third-order valence-corrected chi connectivity index (χ3v) is 3.99. The molecule has 7 nitrogen and oxygen atoms in total. The summed E-state index contributed by atoms with van der Waals surface area (Å²) in [4.78, 5) is 28.9. The molecule has 0 spiro atoms. The van der Waals surface area contributed by atoms with Crippen LogP contribution in [-0.2, 0) is 0 Å². The summed E-state index contributed by atoms with van der Waals surface area (Å²) in [6, 6.07) is 15.2. The van der Waals surface area contributed by atoms with Gasteiger partial charge in [0.05, 0.1) is 11.6 Å². The number of phenols is 1. The summed E-state index contributed by atoms with van der Waals surface area (Å²) in [5, 5.41) is 19.8. The molecule has 0 aliphatic heterocycles. The summed E-state index contributed by atoms with van der Waals surface area (Å²) in [6.45, 7) is 0. The van der Waals surface area contributed by atoms with Gasteiger partial charge in [0.25, 0.3) is 5.56 Å². The second-order valence-corrected chi connectivity index (χ2v) is 5.55. The average Bonchev–Trinajstić information content (AvgIpc) is 2.61. The molecular formula is C18H11N4O3+. The van der Waals surface area contributed by atoms with Gasteiger partial charge >= 0.3 is 11.3 Å². The normalized spacial score (nSPS) is 10.8. The fraction of sp³-hybridized carbons (Fsp3) is 0. The van der Waals surface area contributed by atoms with Crippen molar-refractivity contribution in [2.75, 3.05) is 0 Å². The van der Waals surface area contributed by atoms with Crippen molar-refractivity contribution in [1.82, 2.24) is 9.97 Å². The maximum absolute atomic E-state index is 12.2. The maximum atomic E-state index is 12.2. The quantitative estimate of drug-likeness (QED) is 0.359. The molecule has 25 heavy (non-hydrogen) atoms. The van der Waals surface area contributed by atoms with Gasteiger partial charge in [-0.05, 0) is 42.5 Å². The number of nitrogens with one attached hydrogen (secondary N) is 2. The Morgan fingerprint density at radius 2 is 1.76 bits per heavy atom. The highest BCUT2D eigenvalue weighted by Crippen LogP contribution is 2.19. The van der Waals surface area contributed by atoms with Crippen molar-refractivity contribution in [3.63, 3.8) is 0 Å². The summed E-state index contributed by atoms with van der Waals surface area (Å²) in [5.41, 5.74) is 0.912. The number of rotatable bonds is 1. The van der Waals surface area contributed by atoms with Gasteiger partial charge in [-0.1, -0.05) is 0 Å². The van der Waals surface area contributed by atoms with Crippen LogP contribution >= 0.6 is 0 Å². The molecule has 0 aliphatic rings. The van der Waals surface area contributed by atoms with Crippen LogP contribution in [0.5, 0.6) is 5.75 Å². The second kappa shape index (κ2) is 5.32. The minimum absolute atomic E-state index is 0.0953. The number of nitriles is 1. The highest BCUT2D eigenvalue weighted by Gasteiger charge is 2.19. The van der Waals surface area contributed by atoms with Gasteiger partial charge in [0.1, 0.15) is 22.3 Å². The van der Waals surface area contributed by atoms with E-state index in [1.807, 2.05) is 0 Å². The van der Waals surface area contributed by atoms with Gasteiger partial charge in [0.2, 0.25) is 0 Å². The van der Waals surface area contributed by atoms with Crippen LogP contribution in [0, 0.1) is 11.3 Å². The largest absolute Gasteiger partial charge is 0.508 e. The van der Waals surface area contributed by atoms with Crippen LogP contribution in [0.1, 0.15) is 5.56 Å². The third-order valence-electron chi connectivity index (χ3n) is 3.99. The van der Waals surface area contributed by atoms with Crippen LogP contribution < -0.4 is 15.8 Å². The molecule has 120 valence electrons. The lowest BCUT2D eigenvalue weighted by Crippen LogP contribution is -2.37. The van der Waals surface area contributed by atoms with E-state index < -0.39 is 11.2 Å². The Kier molecular flexibility index (Phi) is 3.12. The molecular weight excluding hydrogens is 320 g/mol. The molecule has 0 amide bonds. The summed E-state index contributed by atoms with van der Waals surface area (Å²) in [7, 11) is 0. The number of aromatic nitrogens is 3. The lowest BCUT2D eigenvalue weighted by molar-refractivity contribution is -0.540. The molecule has 2 aromatic carbocycles. The third kappa shape index (κ3) is 2.33. The van der Waals surface area contributed by atoms with Crippen molar-refractivity contribution in [2.24, 2.45) is 0 Å². The Morgan fingerprint density at radius 3 is 2.48 bits per heavy atom. The number of aromatic amines is 2. The average molecular weight is 331 g/mol. The van der Waals surface area contributed by atoms with Crippen LogP contribution in [0.2, 0.25) is 0 Å². The maximum Gasteiger partial charge on any atom is 0.413 e. The Balaban J connectivity index is 2.28. The number of fused-ring (bicyclic) bond motifs is 2. The molecule has 0 fully saturated rings. The Morgan fingerprint density at radius 1 is 1.00 bits per heavy atom. The number of phenolic OH excluding ortho intramolecular Hbond substituents is 1. The highest BCUT2D eigenvalue weighted by molar-refractivity contribution is 5.87. The molecule has 0 bridgehead atoms. The predicted molar refractivity (Wildman–Crippen MR) is 90.6 cm³/mol. The topological polar surface area (TPSA) is 114 Å². The predicted octanol–water partition coefficient (Wildman–Crippen LogP) is 1.22. The molecule has 7 heteroatoms. The van der Waals surface area contributed by atoms with Crippen molar-refractivity contribution in [2.45, 2.75) is 0 Å². The van der Waals surface area contributed by atoms with E-state index in [1.165, 1.54) is 12.1 Å². The van der Waals surface area contributed by atoms with Gasteiger partial charge in [0.15, 0.2) is 0 Å². The first kappa shape index (κ1) is 14.7. The lowest BCUT2D eigenvalue weighted by Gasteiger charge is -2.08. The zero-order valence-corrected chi connectivity index (χ0v) is 12.8. The zero-order chi connectivity index (χ0) is 17.6. The second-order valence-electron chi connectivity index (χ2n) is 5.55. The first-order valence-electron chi connectivity index (χ1n) is 7.41. The molecule has 3 N–H and O–H groups in total. The van der Waals surface area contributed by atoms with Crippen LogP contribution in [0.4, 0.5) is 0 Å². The molecule has 0 saturated carbocycles. The molecule has 0 atom stereocenters. The minimum atomic E-state index is -0.624. The molecule has 4 rings (SSSR count). The van der Waals surface area contributed by atoms with Gasteiger partial charge in [-0.3, -0.25) is 9.78 Å². The van der Waals surface area contributed by atoms with Gasteiger partial charge < -0.3 is 5.11 Å². The van der Waals surface area contributed by atoms with Crippen LogP contribution in [0.3, 0.4) is 0 Å². The number of nitrogens with zero attached hydrogens (tertiary/aromatic N) is 2. The molecule has 2 aromatic heterocycles. The van der Waals surface area contributed by atoms with E-state index in [2.05, 4.69) is 16.0 Å². The summed E-state index contributed by atoms with van der Waals surface area (Å²) in [5.74, 6) is 0.0953. The van der Waals surface area contributed by atoms with Crippen molar-refractivity contribution in [1.29, 1.82) is 5.26 Å². The smallest absolute Gasteiger partial charge is 0.413 e. The van der Waals surface area contributed by atoms with E-state index >= 15 is 0 Å². The van der Waals surface area contributed by atoms with Crippen LogP contribution in [0.25, 0.3) is 27.6 Å². The molecule has 0 unspecified atom stereocenters. The standard InChI is InChI=1S/C18H10N4O3/c19-9-10-1-2-11-8-14-16(20-18(25)21-17(14)24)22(15(11)7-10)12-3-5-13(23)6-4-12/h1-8H,(H2,21,23,24,25)/p+1. The van der Waals surface area contributed by atoms with Crippen molar-refractivity contribution in [3.8, 4) is 17.5 Å². The minimum Gasteiger partial charge on any atom is -0.508 e. The van der Waals surface area contributed by atoms with E-state index in [4.69, 9.17) is 0 Å². The molecule has 4 aromatic rings. The number of H-pyrrole nitrogens is 2. The lowest BCUT2D eigenvalue weighted by atomic mass is 10.1. The van der Waals surface area contributed by atoms with Gasteiger partial charge in [0, 0.05) is 11.5 Å². The van der Waals surface area contributed by atoms with Gasteiger partial charge in [-0.15, -0.1) is 0 Å². The number of pyridine rings is 1. The first-order valence-corrected chi connectivity index (χ1v) is 7.41. The Bertz CT molecular complexity index is 1290. The van der Waals surface area contributed by atoms with E-state index in [0.29, 0.717) is 27.8 Å². The molecule has 0 radical (unpaired) electrons. The zero-order valence-electron chi connectivity index (χ0n) is 12.8. The summed E-state index contributed by atoms with van der Waals surface area (Å²) in [6.07, 6.45) is 0. The fourth-order valence-corrected chi connectivity index (χ4v) is 2.87. The van der Waals surface area contributed by atoms with Crippen molar-refractivity contribution in [3.05, 3.63) is 74.9 Å².